The van der Waals surface area contributed by atoms with Crippen molar-refractivity contribution >= 4 is 35.0 Å². The molecule has 0 radical (unpaired) electrons. The number of hydrogen-bond donors (Lipinski definition) is 1. The number of halogens is 2. The minimum absolute atomic E-state index is 0.0938. The summed E-state index contributed by atoms with van der Waals surface area (Å²) >= 11 is 7.22. The van der Waals surface area contributed by atoms with Gasteiger partial charge in [-0.25, -0.2) is 9.07 Å². The van der Waals surface area contributed by atoms with E-state index >= 15 is 0 Å². The highest BCUT2D eigenvalue weighted by molar-refractivity contribution is 7.99. The lowest BCUT2D eigenvalue weighted by molar-refractivity contribution is -0.113. The lowest BCUT2D eigenvalue weighted by Gasteiger charge is -2.11. The second-order valence-corrected chi connectivity index (χ2v) is 7.41. The Morgan fingerprint density at radius 1 is 1.07 bits per heavy atom. The van der Waals surface area contributed by atoms with Gasteiger partial charge in [0.2, 0.25) is 11.1 Å². The average Bonchev–Trinajstić information content (AvgIpc) is 3.36. The van der Waals surface area contributed by atoms with Crippen molar-refractivity contribution in [1.29, 1.82) is 0 Å². The van der Waals surface area contributed by atoms with Crippen molar-refractivity contribution in [2.24, 2.45) is 0 Å². The number of aromatic nitrogens is 4. The molecule has 0 unspecified atom stereocenters. The predicted octanol–water partition coefficient (Wildman–Crippen LogP) is 4.58. The van der Waals surface area contributed by atoms with Crippen LogP contribution < -0.4 is 5.32 Å². The van der Waals surface area contributed by atoms with E-state index in [4.69, 9.17) is 11.6 Å². The van der Waals surface area contributed by atoms with Crippen molar-refractivity contribution in [3.63, 3.8) is 0 Å². The van der Waals surface area contributed by atoms with E-state index in [1.165, 1.54) is 23.9 Å². The molecule has 6 nitrogen and oxygen atoms in total. The molecule has 0 aliphatic rings. The molecular formula is C20H15ClFN5OS. The number of benzene rings is 2. The number of nitrogens with zero attached hydrogens (tertiary/aromatic N) is 4. The Morgan fingerprint density at radius 2 is 1.83 bits per heavy atom. The van der Waals surface area contributed by atoms with Crippen LogP contribution in [0.3, 0.4) is 0 Å². The Bertz CT molecular complexity index is 1130. The van der Waals surface area contributed by atoms with Gasteiger partial charge < -0.3 is 5.32 Å². The van der Waals surface area contributed by atoms with Gasteiger partial charge in [0.25, 0.3) is 0 Å². The smallest absolute Gasteiger partial charge is 0.234 e. The topological polar surface area (TPSA) is 64.7 Å². The van der Waals surface area contributed by atoms with E-state index in [-0.39, 0.29) is 11.7 Å². The Hall–Kier alpha value is -3.10. The molecule has 1 N–H and O–H groups in total. The fourth-order valence-corrected chi connectivity index (χ4v) is 3.55. The summed E-state index contributed by atoms with van der Waals surface area (Å²) in [7, 11) is 0. The van der Waals surface area contributed by atoms with Gasteiger partial charge in [-0.15, -0.1) is 10.2 Å². The Morgan fingerprint density at radius 3 is 2.55 bits per heavy atom. The number of nitrogens with one attached hydrogen (secondary N) is 1. The van der Waals surface area contributed by atoms with Gasteiger partial charge in [0.1, 0.15) is 5.82 Å². The SMILES string of the molecule is O=C(CSc1nnc(-c2ccc(Cl)cc2)n1-n1cccc1)Nc1cccc(F)c1. The standard InChI is InChI=1S/C20H15ClFN5OS/c21-15-8-6-14(7-9-15)19-24-25-20(27(19)26-10-1-2-11-26)29-13-18(28)23-17-5-3-4-16(22)12-17/h1-12H,13H2,(H,23,28). The summed E-state index contributed by atoms with van der Waals surface area (Å²) < 4.78 is 16.9. The van der Waals surface area contributed by atoms with Gasteiger partial charge in [-0.3, -0.25) is 9.47 Å². The molecule has 29 heavy (non-hydrogen) atoms. The number of anilines is 1. The molecule has 1 amide bonds. The van der Waals surface area contributed by atoms with Gasteiger partial charge in [0.05, 0.1) is 5.75 Å². The predicted molar refractivity (Wildman–Crippen MR) is 111 cm³/mol. The Labute approximate surface area is 175 Å². The second-order valence-electron chi connectivity index (χ2n) is 6.04. The van der Waals surface area contributed by atoms with E-state index in [0.29, 0.717) is 21.7 Å². The van der Waals surface area contributed by atoms with Crippen LogP contribution in [0.2, 0.25) is 5.02 Å². The zero-order valence-electron chi connectivity index (χ0n) is 15.0. The van der Waals surface area contributed by atoms with E-state index in [9.17, 15) is 9.18 Å². The molecule has 0 spiro atoms. The van der Waals surface area contributed by atoms with Gasteiger partial charge in [-0.2, -0.15) is 0 Å². The van der Waals surface area contributed by atoms with Crippen molar-refractivity contribution in [2.75, 3.05) is 11.1 Å². The van der Waals surface area contributed by atoms with Gasteiger partial charge in [0.15, 0.2) is 5.82 Å². The molecule has 9 heteroatoms. The Balaban J connectivity index is 1.56. The van der Waals surface area contributed by atoms with Gasteiger partial charge in [-0.1, -0.05) is 29.4 Å². The normalized spacial score (nSPS) is 10.8. The molecule has 0 aliphatic heterocycles. The molecular weight excluding hydrogens is 413 g/mol. The first-order valence-corrected chi connectivity index (χ1v) is 10.00. The summed E-state index contributed by atoms with van der Waals surface area (Å²) in [5.74, 6) is 0.0355. The average molecular weight is 428 g/mol. The summed E-state index contributed by atoms with van der Waals surface area (Å²) in [6.07, 6.45) is 3.72. The number of hydrogen-bond acceptors (Lipinski definition) is 4. The number of carbonyl (C=O) groups is 1. The summed E-state index contributed by atoms with van der Waals surface area (Å²) in [5.41, 5.74) is 1.25. The Kier molecular flexibility index (Phi) is 5.64. The van der Waals surface area contributed by atoms with E-state index in [0.717, 1.165) is 5.56 Å². The van der Waals surface area contributed by atoms with Crippen LogP contribution in [0.15, 0.2) is 78.2 Å². The number of thioether (sulfide) groups is 1. The number of amides is 1. The third-order valence-corrected chi connectivity index (χ3v) is 5.15. The van der Waals surface area contributed by atoms with Crippen molar-refractivity contribution in [2.45, 2.75) is 5.16 Å². The van der Waals surface area contributed by atoms with E-state index < -0.39 is 5.82 Å². The summed E-state index contributed by atoms with van der Waals surface area (Å²) in [5, 5.41) is 12.4. The highest BCUT2D eigenvalue weighted by atomic mass is 35.5. The van der Waals surface area contributed by atoms with Gasteiger partial charge in [-0.05, 0) is 54.6 Å². The summed E-state index contributed by atoms with van der Waals surface area (Å²) in [6.45, 7) is 0. The van der Waals surface area contributed by atoms with E-state index in [1.54, 1.807) is 24.3 Å². The molecule has 2 aromatic carbocycles. The molecule has 146 valence electrons. The molecule has 2 aromatic heterocycles. The molecule has 0 bridgehead atoms. The number of carbonyl (C=O) groups excluding carboxylic acids is 1. The van der Waals surface area contributed by atoms with Crippen molar-refractivity contribution in [1.82, 2.24) is 19.5 Å². The van der Waals surface area contributed by atoms with Crippen molar-refractivity contribution < 1.29 is 9.18 Å². The first-order chi connectivity index (χ1) is 14.1. The maximum Gasteiger partial charge on any atom is 0.234 e. The highest BCUT2D eigenvalue weighted by Crippen LogP contribution is 2.25. The molecule has 2 heterocycles. The molecule has 0 aliphatic carbocycles. The van der Waals surface area contributed by atoms with Crippen LogP contribution in [0.4, 0.5) is 10.1 Å². The fraction of sp³-hybridized carbons (Fsp3) is 0.0500. The van der Waals surface area contributed by atoms with Gasteiger partial charge >= 0.3 is 0 Å². The lowest BCUT2D eigenvalue weighted by atomic mass is 10.2. The molecule has 4 rings (SSSR count). The zero-order valence-corrected chi connectivity index (χ0v) is 16.6. The second kappa shape index (κ2) is 8.50. The van der Waals surface area contributed by atoms with Gasteiger partial charge in [0, 0.05) is 28.7 Å². The maximum atomic E-state index is 13.3. The van der Waals surface area contributed by atoms with E-state index in [1.807, 2.05) is 46.0 Å². The molecule has 0 atom stereocenters. The van der Waals surface area contributed by atoms with Crippen LogP contribution in [0.5, 0.6) is 0 Å². The summed E-state index contributed by atoms with van der Waals surface area (Å²) in [4.78, 5) is 12.3. The number of rotatable bonds is 6. The van der Waals surface area contributed by atoms with Crippen LogP contribution >= 0.6 is 23.4 Å². The highest BCUT2D eigenvalue weighted by Gasteiger charge is 2.17. The monoisotopic (exact) mass is 427 g/mol. The molecule has 0 fully saturated rings. The fourth-order valence-electron chi connectivity index (χ4n) is 2.69. The quantitative estimate of drug-likeness (QED) is 0.457. The van der Waals surface area contributed by atoms with Crippen LogP contribution in [0, 0.1) is 5.82 Å². The third kappa shape index (κ3) is 4.49. The first-order valence-electron chi connectivity index (χ1n) is 8.63. The van der Waals surface area contributed by atoms with Crippen LogP contribution in [0.1, 0.15) is 0 Å². The first kappa shape index (κ1) is 19.2. The largest absolute Gasteiger partial charge is 0.325 e. The minimum Gasteiger partial charge on any atom is -0.325 e. The lowest BCUT2D eigenvalue weighted by Crippen LogP contribution is -2.16. The zero-order chi connectivity index (χ0) is 20.2. The summed E-state index contributed by atoms with van der Waals surface area (Å²) in [6, 6.07) is 16.8. The molecule has 4 aromatic rings. The molecule has 0 saturated heterocycles. The van der Waals surface area contributed by atoms with E-state index in [2.05, 4.69) is 15.5 Å². The van der Waals surface area contributed by atoms with Crippen molar-refractivity contribution in [3.8, 4) is 11.4 Å². The van der Waals surface area contributed by atoms with Crippen molar-refractivity contribution in [3.05, 3.63) is 83.9 Å². The van der Waals surface area contributed by atoms with Crippen LogP contribution in [-0.4, -0.2) is 31.2 Å². The minimum atomic E-state index is -0.407. The third-order valence-electron chi connectivity index (χ3n) is 3.97. The molecule has 0 saturated carbocycles. The maximum absolute atomic E-state index is 13.3. The van der Waals surface area contributed by atoms with Crippen LogP contribution in [0.25, 0.3) is 11.4 Å². The van der Waals surface area contributed by atoms with Crippen LogP contribution in [-0.2, 0) is 4.79 Å².